The van der Waals surface area contributed by atoms with Crippen LogP contribution in [0, 0.1) is 5.92 Å². The van der Waals surface area contributed by atoms with Crippen LogP contribution in [-0.4, -0.2) is 119 Å². The van der Waals surface area contributed by atoms with Crippen molar-refractivity contribution in [3.8, 4) is 5.75 Å². The van der Waals surface area contributed by atoms with Crippen LogP contribution in [0.2, 0.25) is 0 Å². The number of nitrogens with zero attached hydrogens (tertiary/aromatic N) is 2. The average Bonchev–Trinajstić information content (AvgIpc) is 3.20. The summed E-state index contributed by atoms with van der Waals surface area (Å²) >= 11 is 0. The molecule has 328 valence electrons. The van der Waals surface area contributed by atoms with Gasteiger partial charge in [0.05, 0.1) is 0 Å². The first-order chi connectivity index (χ1) is 28.5. The van der Waals surface area contributed by atoms with Crippen molar-refractivity contribution in [2.75, 3.05) is 20.1 Å². The summed E-state index contributed by atoms with van der Waals surface area (Å²) < 4.78 is 0. The smallest absolute Gasteiger partial charge is 0.326 e. The maximum Gasteiger partial charge on any atom is 0.326 e. The minimum atomic E-state index is -1.34. The van der Waals surface area contributed by atoms with E-state index < -0.39 is 83.7 Å². The predicted molar refractivity (Wildman–Crippen MR) is 223 cm³/mol. The van der Waals surface area contributed by atoms with Crippen LogP contribution in [-0.2, 0) is 41.6 Å². The molecule has 19 nitrogen and oxygen atoms in total. The van der Waals surface area contributed by atoms with Gasteiger partial charge in [-0.05, 0) is 81.0 Å². The van der Waals surface area contributed by atoms with Gasteiger partial charge in [0.25, 0.3) is 0 Å². The van der Waals surface area contributed by atoms with Crippen molar-refractivity contribution in [3.05, 3.63) is 65.7 Å². The number of hydrogen-bond acceptors (Lipinski definition) is 9. The van der Waals surface area contributed by atoms with Crippen LogP contribution >= 0.6 is 0 Å². The molecule has 0 spiro atoms. The highest BCUT2D eigenvalue weighted by molar-refractivity contribution is 5.96. The van der Waals surface area contributed by atoms with Crippen LogP contribution in [0.25, 0.3) is 0 Å². The van der Waals surface area contributed by atoms with Gasteiger partial charge in [0.15, 0.2) is 5.96 Å². The van der Waals surface area contributed by atoms with E-state index in [1.165, 1.54) is 31.0 Å². The number of aromatic hydroxyl groups is 1. The van der Waals surface area contributed by atoms with Gasteiger partial charge in [0.2, 0.25) is 29.5 Å². The second kappa shape index (κ2) is 23.9. The molecule has 60 heavy (non-hydrogen) atoms. The van der Waals surface area contributed by atoms with E-state index in [4.69, 9.17) is 11.5 Å². The van der Waals surface area contributed by atoms with Crippen molar-refractivity contribution in [1.82, 2.24) is 36.8 Å². The largest absolute Gasteiger partial charge is 0.508 e. The Hall–Kier alpha value is -6.40. The van der Waals surface area contributed by atoms with Crippen molar-refractivity contribution in [2.24, 2.45) is 22.4 Å². The van der Waals surface area contributed by atoms with E-state index >= 15 is 0 Å². The van der Waals surface area contributed by atoms with Crippen molar-refractivity contribution in [1.29, 1.82) is 0 Å². The van der Waals surface area contributed by atoms with E-state index in [-0.39, 0.29) is 63.3 Å². The zero-order chi connectivity index (χ0) is 44.4. The standard InChI is InChI=1S/C41H60N10O9/c1-24(2)33-37(56)46-30(20-17-26-15-18-28(52)19-16-26)38(57)51(4)25(3)34(53)47-32(23-27-11-6-5-7-12-27)35(54)44-21-9-8-13-29(36(55)50-33)48-41(60)49-31(39(58)59)14-10-22-45-40(42)43/h5-7,11-12,15-16,18-19,24-25,29-33,52H,8-10,13-14,17,20-23H2,1-4H3,(H,44,54)(H,46,56)(H,47,53)(H,50,55)(H,58,59)(H4,42,43,45)(H2,48,49,60). The van der Waals surface area contributed by atoms with E-state index in [2.05, 4.69) is 36.9 Å². The van der Waals surface area contributed by atoms with Gasteiger partial charge in [-0.15, -0.1) is 0 Å². The summed E-state index contributed by atoms with van der Waals surface area (Å²) in [6.07, 6.45) is 1.41. The van der Waals surface area contributed by atoms with Crippen LogP contribution in [0.15, 0.2) is 59.6 Å². The highest BCUT2D eigenvalue weighted by atomic mass is 16.4. The van der Waals surface area contributed by atoms with Crippen LogP contribution < -0.4 is 43.4 Å². The van der Waals surface area contributed by atoms with Gasteiger partial charge in [0.1, 0.15) is 42.0 Å². The summed E-state index contributed by atoms with van der Waals surface area (Å²) in [5, 5.41) is 35.5. The fraction of sp³-hybridized carbons (Fsp3) is 0.512. The first kappa shape index (κ1) is 48.0. The number of urea groups is 1. The van der Waals surface area contributed by atoms with Gasteiger partial charge in [-0.1, -0.05) is 56.3 Å². The van der Waals surface area contributed by atoms with Crippen LogP contribution in [0.3, 0.4) is 0 Å². The highest BCUT2D eigenvalue weighted by Crippen LogP contribution is 2.15. The summed E-state index contributed by atoms with van der Waals surface area (Å²) in [6, 6.07) is 7.41. The minimum Gasteiger partial charge on any atom is -0.508 e. The lowest BCUT2D eigenvalue weighted by molar-refractivity contribution is -0.142. The number of guanidine groups is 1. The van der Waals surface area contributed by atoms with Crippen LogP contribution in [0.1, 0.15) is 70.4 Å². The molecule has 19 heteroatoms. The summed E-state index contributed by atoms with van der Waals surface area (Å²) in [7, 11) is 1.42. The van der Waals surface area contributed by atoms with Crippen LogP contribution in [0.5, 0.6) is 5.75 Å². The second-order valence-electron chi connectivity index (χ2n) is 15.2. The van der Waals surface area contributed by atoms with Gasteiger partial charge in [-0.25, -0.2) is 9.59 Å². The fourth-order valence-electron chi connectivity index (χ4n) is 6.44. The normalized spacial score (nSPS) is 21.8. The molecular weight excluding hydrogens is 777 g/mol. The topological polar surface area (TPSA) is 300 Å². The Balaban J connectivity index is 1.95. The zero-order valence-corrected chi connectivity index (χ0v) is 34.6. The van der Waals surface area contributed by atoms with Gasteiger partial charge in [-0.3, -0.25) is 29.0 Å². The van der Waals surface area contributed by atoms with Crippen LogP contribution in [0.4, 0.5) is 4.79 Å². The number of amides is 7. The number of rotatable bonds is 13. The number of carboxylic acids is 1. The van der Waals surface area contributed by atoms with Gasteiger partial charge in [-0.2, -0.15) is 0 Å². The zero-order valence-electron chi connectivity index (χ0n) is 34.6. The summed E-state index contributed by atoms with van der Waals surface area (Å²) in [6.45, 7) is 5.17. The number of phenols is 1. The number of carbonyl (C=O) groups excluding carboxylic acids is 6. The summed E-state index contributed by atoms with van der Waals surface area (Å²) in [5.74, 6) is -5.05. The first-order valence-corrected chi connectivity index (χ1v) is 20.1. The molecule has 1 heterocycles. The molecule has 2 aromatic rings. The van der Waals surface area contributed by atoms with Crippen molar-refractivity contribution in [3.63, 3.8) is 0 Å². The maximum absolute atomic E-state index is 14.2. The minimum absolute atomic E-state index is 0.0159. The SMILES string of the molecule is CC(C)C1NC(=O)C(NC(=O)NC(CCCN=C(N)N)C(=O)O)CCCCNC(=O)C(Cc2ccccc2)NC(=O)C(C)N(C)C(=O)C(CCc2ccc(O)cc2)NC1=O. The molecule has 3 rings (SSSR count). The molecule has 2 aromatic carbocycles. The molecule has 1 aliphatic heterocycles. The van der Waals surface area contributed by atoms with E-state index in [0.717, 1.165) is 11.1 Å². The molecule has 0 bridgehead atoms. The van der Waals surface area contributed by atoms with Crippen molar-refractivity contribution in [2.45, 2.75) is 108 Å². The fourth-order valence-corrected chi connectivity index (χ4v) is 6.44. The molecule has 0 radical (unpaired) electrons. The predicted octanol–water partition coefficient (Wildman–Crippen LogP) is -0.000500. The highest BCUT2D eigenvalue weighted by Gasteiger charge is 2.35. The number of carboxylic acid groups (broad SMARTS) is 1. The number of hydrogen-bond donors (Lipinski definition) is 10. The number of nitrogens with one attached hydrogen (secondary N) is 6. The molecule has 6 atom stereocenters. The lowest BCUT2D eigenvalue weighted by Crippen LogP contribution is -2.60. The number of benzene rings is 2. The van der Waals surface area contributed by atoms with Gasteiger partial charge >= 0.3 is 12.0 Å². The van der Waals surface area contributed by atoms with Crippen molar-refractivity contribution >= 4 is 47.5 Å². The second-order valence-corrected chi connectivity index (χ2v) is 15.2. The Kier molecular flexibility index (Phi) is 19.1. The third-order valence-electron chi connectivity index (χ3n) is 10.1. The van der Waals surface area contributed by atoms with Gasteiger partial charge < -0.3 is 58.5 Å². The first-order valence-electron chi connectivity index (χ1n) is 20.1. The molecule has 1 saturated heterocycles. The number of likely N-dealkylation sites (N-methyl/N-ethyl adjacent to an activating group) is 1. The molecular formula is C41H60N10O9. The Morgan fingerprint density at radius 3 is 2.18 bits per heavy atom. The van der Waals surface area contributed by atoms with E-state index in [0.29, 0.717) is 12.8 Å². The summed E-state index contributed by atoms with van der Waals surface area (Å²) in [4.78, 5) is 99.6. The number of phenolic OH excluding ortho intramolecular Hbond substituents is 1. The Labute approximate surface area is 349 Å². The molecule has 0 saturated carbocycles. The quantitative estimate of drug-likeness (QED) is 0.0728. The monoisotopic (exact) mass is 836 g/mol. The molecule has 0 aromatic heterocycles. The molecule has 12 N–H and O–H groups in total. The molecule has 1 aliphatic rings. The molecule has 6 unspecified atom stereocenters. The molecule has 0 aliphatic carbocycles. The maximum atomic E-state index is 14.2. The average molecular weight is 837 g/mol. The lowest BCUT2D eigenvalue weighted by Gasteiger charge is -2.31. The number of nitrogens with two attached hydrogens (primary N) is 2. The van der Waals surface area contributed by atoms with Gasteiger partial charge in [0, 0.05) is 26.6 Å². The molecule has 1 fully saturated rings. The van der Waals surface area contributed by atoms with E-state index in [1.807, 2.05) is 30.3 Å². The number of aliphatic imine (C=N–C) groups is 1. The number of aliphatic carboxylic acids is 1. The Morgan fingerprint density at radius 1 is 0.883 bits per heavy atom. The summed E-state index contributed by atoms with van der Waals surface area (Å²) in [5.41, 5.74) is 12.2. The van der Waals surface area contributed by atoms with E-state index in [9.17, 15) is 43.8 Å². The van der Waals surface area contributed by atoms with E-state index in [1.54, 1.807) is 26.0 Å². The number of carbonyl (C=O) groups is 7. The third kappa shape index (κ3) is 15.7. The Bertz CT molecular complexity index is 1810. The lowest BCUT2D eigenvalue weighted by atomic mass is 9.99. The number of aryl methyl sites for hydroxylation is 1. The Morgan fingerprint density at radius 2 is 1.55 bits per heavy atom. The third-order valence-corrected chi connectivity index (χ3v) is 10.1. The molecule has 7 amide bonds. The van der Waals surface area contributed by atoms with Crippen molar-refractivity contribution < 1.29 is 43.8 Å².